The molecule has 2 N–H and O–H groups in total. The highest BCUT2D eigenvalue weighted by Gasteiger charge is 2.69. The highest BCUT2D eigenvalue weighted by molar-refractivity contribution is 5.76. The van der Waals surface area contributed by atoms with Gasteiger partial charge in [0.2, 0.25) is 0 Å². The van der Waals surface area contributed by atoms with Crippen molar-refractivity contribution < 1.29 is 15.0 Å². The minimum Gasteiger partial charge on any atom is -0.481 e. The third-order valence-electron chi connectivity index (χ3n) is 13.0. The van der Waals surface area contributed by atoms with Crippen molar-refractivity contribution in [2.75, 3.05) is 0 Å². The molecule has 8 atom stereocenters. The Kier molecular flexibility index (Phi) is 4.99. The Morgan fingerprint density at radius 3 is 2.21 bits per heavy atom. The molecule has 4 fully saturated rings. The van der Waals surface area contributed by atoms with Gasteiger partial charge in [0.15, 0.2) is 0 Å². The van der Waals surface area contributed by atoms with E-state index in [4.69, 9.17) is 0 Å². The van der Waals surface area contributed by atoms with Gasteiger partial charge in [0.05, 0.1) is 11.5 Å². The number of hydrogen-bond donors (Lipinski definition) is 2. The Morgan fingerprint density at radius 2 is 1.55 bits per heavy atom. The largest absolute Gasteiger partial charge is 0.481 e. The molecule has 0 amide bonds. The molecule has 0 aromatic rings. The SMILES string of the molecule is CC1(C)CC[C@@]2(C(=O)O)CC[C@@]3(C)C(=CCC4[C@]5(C)CC[C@@H](O)C(C)(C)C5CC[C@@]43C)C2C1. The van der Waals surface area contributed by atoms with E-state index in [2.05, 4.69) is 54.5 Å². The van der Waals surface area contributed by atoms with Crippen molar-refractivity contribution in [3.05, 3.63) is 11.6 Å². The third-order valence-corrected chi connectivity index (χ3v) is 13.0. The number of aliphatic hydroxyl groups is 1. The molecule has 0 saturated heterocycles. The van der Waals surface area contributed by atoms with Gasteiger partial charge in [-0.2, -0.15) is 0 Å². The van der Waals surface area contributed by atoms with Crippen molar-refractivity contribution in [2.24, 2.45) is 50.2 Å². The topological polar surface area (TPSA) is 57.5 Å². The first-order chi connectivity index (χ1) is 15.1. The molecule has 186 valence electrons. The molecular weight excluding hydrogens is 408 g/mol. The average Bonchev–Trinajstić information content (AvgIpc) is 2.71. The highest BCUT2D eigenvalue weighted by Crippen LogP contribution is 2.75. The van der Waals surface area contributed by atoms with Gasteiger partial charge in [-0.25, -0.2) is 0 Å². The number of allylic oxidation sites excluding steroid dienone is 2. The molecule has 5 aliphatic rings. The zero-order valence-corrected chi connectivity index (χ0v) is 22.3. The summed E-state index contributed by atoms with van der Waals surface area (Å²) in [4.78, 5) is 12.8. The molecule has 0 aromatic carbocycles. The third kappa shape index (κ3) is 2.87. The number of carboxylic acids is 1. The van der Waals surface area contributed by atoms with Gasteiger partial charge < -0.3 is 10.2 Å². The van der Waals surface area contributed by atoms with Crippen LogP contribution in [-0.2, 0) is 4.79 Å². The van der Waals surface area contributed by atoms with Gasteiger partial charge in [0, 0.05) is 0 Å². The molecule has 5 aliphatic carbocycles. The average molecular weight is 457 g/mol. The van der Waals surface area contributed by atoms with E-state index in [0.29, 0.717) is 11.8 Å². The lowest BCUT2D eigenvalue weighted by Gasteiger charge is -2.71. The standard InChI is InChI=1S/C30H48O3/c1-25(2)14-16-30(24(32)33)17-15-28(6)19(20(30)18-25)8-9-22-27(5)12-11-23(31)26(3,4)21(27)10-13-29(22,28)7/h8,20-23,31H,9-18H2,1-7H3,(H,32,33)/t20?,21?,22?,23-,27-,28+,29+,30-/m1/s1. The van der Waals surface area contributed by atoms with Gasteiger partial charge in [-0.15, -0.1) is 0 Å². The summed E-state index contributed by atoms with van der Waals surface area (Å²) in [7, 11) is 0. The van der Waals surface area contributed by atoms with Crippen molar-refractivity contribution in [2.45, 2.75) is 119 Å². The van der Waals surface area contributed by atoms with E-state index < -0.39 is 11.4 Å². The van der Waals surface area contributed by atoms with Crippen LogP contribution in [0.3, 0.4) is 0 Å². The van der Waals surface area contributed by atoms with Crippen molar-refractivity contribution in [1.82, 2.24) is 0 Å². The van der Waals surface area contributed by atoms with Crippen LogP contribution in [-0.4, -0.2) is 22.3 Å². The normalized spacial score (nSPS) is 52.4. The van der Waals surface area contributed by atoms with Crippen molar-refractivity contribution in [3.63, 3.8) is 0 Å². The van der Waals surface area contributed by atoms with Crippen LogP contribution < -0.4 is 0 Å². The van der Waals surface area contributed by atoms with Crippen molar-refractivity contribution >= 4 is 5.97 Å². The molecule has 3 unspecified atom stereocenters. The number of hydrogen-bond acceptors (Lipinski definition) is 2. The fourth-order valence-electron chi connectivity index (χ4n) is 10.6. The summed E-state index contributed by atoms with van der Waals surface area (Å²) in [6.07, 6.45) is 12.6. The van der Waals surface area contributed by atoms with Crippen LogP contribution in [0.15, 0.2) is 11.6 Å². The Morgan fingerprint density at radius 1 is 0.879 bits per heavy atom. The molecule has 5 rings (SSSR count). The van der Waals surface area contributed by atoms with E-state index in [-0.39, 0.29) is 39.1 Å². The molecule has 33 heavy (non-hydrogen) atoms. The summed E-state index contributed by atoms with van der Waals surface area (Å²) in [6, 6.07) is 0. The maximum atomic E-state index is 12.8. The zero-order chi connectivity index (χ0) is 24.2. The van der Waals surface area contributed by atoms with Crippen LogP contribution >= 0.6 is 0 Å². The Bertz CT molecular complexity index is 885. The number of carboxylic acid groups (broad SMARTS) is 1. The van der Waals surface area contributed by atoms with Gasteiger partial charge in [-0.3, -0.25) is 4.79 Å². The first-order valence-electron chi connectivity index (χ1n) is 13.8. The van der Waals surface area contributed by atoms with E-state index >= 15 is 0 Å². The summed E-state index contributed by atoms with van der Waals surface area (Å²) < 4.78 is 0. The maximum absolute atomic E-state index is 12.8. The molecule has 3 nitrogen and oxygen atoms in total. The number of aliphatic hydroxyl groups excluding tert-OH is 1. The van der Waals surface area contributed by atoms with E-state index in [1.807, 2.05) is 0 Å². The summed E-state index contributed by atoms with van der Waals surface area (Å²) in [5, 5.41) is 21.4. The molecule has 0 bridgehead atoms. The van der Waals surface area contributed by atoms with Gasteiger partial charge in [0.25, 0.3) is 0 Å². The summed E-state index contributed by atoms with van der Waals surface area (Å²) in [5.41, 5.74) is 1.68. The van der Waals surface area contributed by atoms with Gasteiger partial charge >= 0.3 is 5.97 Å². The van der Waals surface area contributed by atoms with Crippen molar-refractivity contribution in [1.29, 1.82) is 0 Å². The zero-order valence-electron chi connectivity index (χ0n) is 22.3. The molecule has 0 aliphatic heterocycles. The van der Waals surface area contributed by atoms with Gasteiger partial charge in [-0.1, -0.05) is 60.1 Å². The molecule has 3 heteroatoms. The molecule has 0 aromatic heterocycles. The van der Waals surface area contributed by atoms with Crippen LogP contribution in [0.1, 0.15) is 113 Å². The second-order valence-electron chi connectivity index (χ2n) is 15.1. The molecule has 0 heterocycles. The Hall–Kier alpha value is -0.830. The second-order valence-corrected chi connectivity index (χ2v) is 15.1. The van der Waals surface area contributed by atoms with Crippen LogP contribution in [0.5, 0.6) is 0 Å². The molecule has 0 radical (unpaired) electrons. The maximum Gasteiger partial charge on any atom is 0.310 e. The van der Waals surface area contributed by atoms with Crippen LogP contribution in [0.4, 0.5) is 0 Å². The first kappa shape index (κ1) is 23.9. The quantitative estimate of drug-likeness (QED) is 0.409. The lowest BCUT2D eigenvalue weighted by Crippen LogP contribution is -2.65. The monoisotopic (exact) mass is 456 g/mol. The van der Waals surface area contributed by atoms with Gasteiger partial charge in [-0.05, 0) is 109 Å². The Labute approximate surface area is 201 Å². The first-order valence-corrected chi connectivity index (χ1v) is 13.8. The number of rotatable bonds is 1. The Balaban J connectivity index is 1.60. The lowest BCUT2D eigenvalue weighted by atomic mass is 9.33. The molecule has 4 saturated carbocycles. The molecular formula is C30H48O3. The highest BCUT2D eigenvalue weighted by atomic mass is 16.4. The van der Waals surface area contributed by atoms with Crippen molar-refractivity contribution in [3.8, 4) is 0 Å². The number of aliphatic carboxylic acids is 1. The lowest BCUT2D eigenvalue weighted by molar-refractivity contribution is -0.205. The van der Waals surface area contributed by atoms with E-state index in [0.717, 1.165) is 51.4 Å². The minimum atomic E-state index is -0.553. The minimum absolute atomic E-state index is 0.0301. The smallest absolute Gasteiger partial charge is 0.310 e. The van der Waals surface area contributed by atoms with E-state index in [9.17, 15) is 15.0 Å². The number of carbonyl (C=O) groups is 1. The summed E-state index contributed by atoms with van der Waals surface area (Å²) >= 11 is 0. The van der Waals surface area contributed by atoms with Gasteiger partial charge in [0.1, 0.15) is 0 Å². The summed E-state index contributed by atoms with van der Waals surface area (Å²) in [6.45, 7) is 16.9. The second kappa shape index (κ2) is 6.89. The predicted octanol–water partition coefficient (Wildman–Crippen LogP) is 7.23. The van der Waals surface area contributed by atoms with Crippen LogP contribution in [0, 0.1) is 50.2 Å². The fraction of sp³-hybridized carbons (Fsp3) is 0.900. The number of fused-ring (bicyclic) bond motifs is 7. The molecule has 0 spiro atoms. The fourth-order valence-corrected chi connectivity index (χ4v) is 10.6. The van der Waals surface area contributed by atoms with Crippen LogP contribution in [0.2, 0.25) is 0 Å². The van der Waals surface area contributed by atoms with E-state index in [1.165, 1.54) is 18.4 Å². The van der Waals surface area contributed by atoms with E-state index in [1.54, 1.807) is 0 Å². The summed E-state index contributed by atoms with van der Waals surface area (Å²) in [5.74, 6) is 0.807. The van der Waals surface area contributed by atoms with Crippen LogP contribution in [0.25, 0.3) is 0 Å². The predicted molar refractivity (Wildman–Crippen MR) is 133 cm³/mol.